The number of amides is 1. The number of carbonyl (C=O) groups is 1. The lowest BCUT2D eigenvalue weighted by Crippen LogP contribution is -2.32. The number of nitrogens with zero attached hydrogens (tertiary/aromatic N) is 1. The van der Waals surface area contributed by atoms with Gasteiger partial charge in [0.15, 0.2) is 17.5 Å². The van der Waals surface area contributed by atoms with Gasteiger partial charge in [0.25, 0.3) is 0 Å². The van der Waals surface area contributed by atoms with Gasteiger partial charge in [0, 0.05) is 6.42 Å². The Bertz CT molecular complexity index is 499. The van der Waals surface area contributed by atoms with Gasteiger partial charge in [0.05, 0.1) is 5.69 Å². The highest BCUT2D eigenvalue weighted by atomic mass is 19.2. The Hall–Kier alpha value is -1.56. The van der Waals surface area contributed by atoms with E-state index in [2.05, 4.69) is 10.2 Å². The standard InChI is InChI=1S/C14H17F3N2O/c1-19-6-4-9(5-7-19)8-12(20)18-11-3-2-10(15)13(16)14(11)17/h2-3,9H,4-8H2,1H3,(H,18,20). The quantitative estimate of drug-likeness (QED) is 0.867. The van der Waals surface area contributed by atoms with Gasteiger partial charge in [-0.25, -0.2) is 13.2 Å². The predicted octanol–water partition coefficient (Wildman–Crippen LogP) is 2.77. The molecule has 0 aliphatic carbocycles. The number of halogens is 3. The SMILES string of the molecule is CN1CCC(CC(=O)Nc2ccc(F)c(F)c2F)CC1. The van der Waals surface area contributed by atoms with Crippen LogP contribution in [0.1, 0.15) is 19.3 Å². The summed E-state index contributed by atoms with van der Waals surface area (Å²) >= 11 is 0. The molecule has 1 saturated heterocycles. The largest absolute Gasteiger partial charge is 0.323 e. The van der Waals surface area contributed by atoms with Crippen molar-refractivity contribution in [3.05, 3.63) is 29.6 Å². The summed E-state index contributed by atoms with van der Waals surface area (Å²) in [6, 6.07) is 1.82. The van der Waals surface area contributed by atoms with Crippen molar-refractivity contribution < 1.29 is 18.0 Å². The van der Waals surface area contributed by atoms with Crippen LogP contribution in [0.4, 0.5) is 18.9 Å². The highest BCUT2D eigenvalue weighted by molar-refractivity contribution is 5.91. The summed E-state index contributed by atoms with van der Waals surface area (Å²) in [5.41, 5.74) is -0.318. The Labute approximate surface area is 115 Å². The zero-order valence-electron chi connectivity index (χ0n) is 11.3. The average Bonchev–Trinajstić information content (AvgIpc) is 2.42. The van der Waals surface area contributed by atoms with Crippen molar-refractivity contribution in [1.29, 1.82) is 0 Å². The molecule has 0 bridgehead atoms. The highest BCUT2D eigenvalue weighted by Gasteiger charge is 2.21. The predicted molar refractivity (Wildman–Crippen MR) is 69.8 cm³/mol. The van der Waals surface area contributed by atoms with Gasteiger partial charge >= 0.3 is 0 Å². The van der Waals surface area contributed by atoms with Crippen LogP contribution in [0.25, 0.3) is 0 Å². The molecule has 1 aliphatic heterocycles. The molecule has 0 saturated carbocycles. The number of rotatable bonds is 3. The number of benzene rings is 1. The number of nitrogens with one attached hydrogen (secondary N) is 1. The van der Waals surface area contributed by atoms with Crippen molar-refractivity contribution >= 4 is 11.6 Å². The van der Waals surface area contributed by atoms with Crippen LogP contribution in [-0.4, -0.2) is 30.9 Å². The second kappa shape index (κ2) is 6.26. The third-order valence-corrected chi connectivity index (χ3v) is 3.62. The van der Waals surface area contributed by atoms with Crippen molar-refractivity contribution in [2.75, 3.05) is 25.5 Å². The summed E-state index contributed by atoms with van der Waals surface area (Å²) < 4.78 is 39.2. The van der Waals surface area contributed by atoms with Gasteiger partial charge in [0.2, 0.25) is 5.91 Å². The van der Waals surface area contributed by atoms with E-state index in [1.807, 2.05) is 7.05 Å². The molecule has 3 nitrogen and oxygen atoms in total. The van der Waals surface area contributed by atoms with Gasteiger partial charge in [0.1, 0.15) is 0 Å². The summed E-state index contributed by atoms with van der Waals surface area (Å²) in [5, 5.41) is 2.30. The molecule has 0 unspecified atom stereocenters. The smallest absolute Gasteiger partial charge is 0.224 e. The van der Waals surface area contributed by atoms with Gasteiger partial charge in [-0.3, -0.25) is 4.79 Å². The van der Waals surface area contributed by atoms with E-state index in [1.165, 1.54) is 0 Å². The molecule has 0 aromatic heterocycles. The molecule has 1 aromatic carbocycles. The summed E-state index contributed by atoms with van der Waals surface area (Å²) in [4.78, 5) is 14.0. The molecule has 0 spiro atoms. The fourth-order valence-corrected chi connectivity index (χ4v) is 2.35. The maximum atomic E-state index is 13.4. The lowest BCUT2D eigenvalue weighted by molar-refractivity contribution is -0.117. The van der Waals surface area contributed by atoms with E-state index in [9.17, 15) is 18.0 Å². The van der Waals surface area contributed by atoms with E-state index in [4.69, 9.17) is 0 Å². The Morgan fingerprint density at radius 3 is 2.55 bits per heavy atom. The van der Waals surface area contributed by atoms with Crippen molar-refractivity contribution in [1.82, 2.24) is 4.90 Å². The van der Waals surface area contributed by atoms with E-state index in [0.717, 1.165) is 38.1 Å². The first-order chi connectivity index (χ1) is 9.47. The lowest BCUT2D eigenvalue weighted by atomic mass is 9.93. The maximum Gasteiger partial charge on any atom is 0.224 e. The molecule has 2 rings (SSSR count). The Kier molecular flexibility index (Phi) is 4.65. The van der Waals surface area contributed by atoms with Gasteiger partial charge in [-0.15, -0.1) is 0 Å². The molecule has 1 N–H and O–H groups in total. The van der Waals surface area contributed by atoms with Crippen LogP contribution in [0.2, 0.25) is 0 Å². The van der Waals surface area contributed by atoms with Crippen LogP contribution in [0.15, 0.2) is 12.1 Å². The lowest BCUT2D eigenvalue weighted by Gasteiger charge is -2.28. The molecule has 0 radical (unpaired) electrons. The number of likely N-dealkylation sites (tertiary alicyclic amines) is 1. The molecule has 110 valence electrons. The van der Waals surface area contributed by atoms with Crippen molar-refractivity contribution in [3.8, 4) is 0 Å². The molecule has 1 aliphatic rings. The average molecular weight is 286 g/mol. The summed E-state index contributed by atoms with van der Waals surface area (Å²) in [7, 11) is 2.02. The first-order valence-corrected chi connectivity index (χ1v) is 6.59. The zero-order valence-corrected chi connectivity index (χ0v) is 11.3. The number of carbonyl (C=O) groups excluding carboxylic acids is 1. The van der Waals surface area contributed by atoms with Crippen LogP contribution in [-0.2, 0) is 4.79 Å². The number of piperidine rings is 1. The zero-order chi connectivity index (χ0) is 14.7. The summed E-state index contributed by atoms with van der Waals surface area (Å²) in [5.74, 6) is -4.32. The monoisotopic (exact) mass is 286 g/mol. The molecule has 1 heterocycles. The molecule has 1 aromatic rings. The third-order valence-electron chi connectivity index (χ3n) is 3.62. The number of anilines is 1. The minimum absolute atomic E-state index is 0.250. The van der Waals surface area contributed by atoms with Gasteiger partial charge in [-0.1, -0.05) is 0 Å². The highest BCUT2D eigenvalue weighted by Crippen LogP contribution is 2.22. The minimum atomic E-state index is -1.57. The topological polar surface area (TPSA) is 32.3 Å². The molecule has 6 heteroatoms. The normalized spacial score (nSPS) is 17.2. The van der Waals surface area contributed by atoms with E-state index in [-0.39, 0.29) is 23.9 Å². The minimum Gasteiger partial charge on any atom is -0.323 e. The third kappa shape index (κ3) is 3.50. The summed E-state index contributed by atoms with van der Waals surface area (Å²) in [6.45, 7) is 1.86. The molecule has 1 amide bonds. The van der Waals surface area contributed by atoms with Gasteiger partial charge in [-0.2, -0.15) is 0 Å². The molecule has 0 atom stereocenters. The number of hydrogen-bond donors (Lipinski definition) is 1. The van der Waals surface area contributed by atoms with Crippen LogP contribution < -0.4 is 5.32 Å². The molecular weight excluding hydrogens is 269 g/mol. The van der Waals surface area contributed by atoms with Crippen LogP contribution >= 0.6 is 0 Å². The van der Waals surface area contributed by atoms with E-state index in [0.29, 0.717) is 0 Å². The first-order valence-electron chi connectivity index (χ1n) is 6.59. The van der Waals surface area contributed by atoms with Crippen molar-refractivity contribution in [2.45, 2.75) is 19.3 Å². The molecule has 20 heavy (non-hydrogen) atoms. The molecular formula is C14H17F3N2O. The first kappa shape index (κ1) is 14.8. The van der Waals surface area contributed by atoms with Gasteiger partial charge in [-0.05, 0) is 51.0 Å². The van der Waals surface area contributed by atoms with Crippen LogP contribution in [0.3, 0.4) is 0 Å². The van der Waals surface area contributed by atoms with Crippen molar-refractivity contribution in [3.63, 3.8) is 0 Å². The fourth-order valence-electron chi connectivity index (χ4n) is 2.35. The van der Waals surface area contributed by atoms with Crippen molar-refractivity contribution in [2.24, 2.45) is 5.92 Å². The van der Waals surface area contributed by atoms with E-state index >= 15 is 0 Å². The Morgan fingerprint density at radius 2 is 1.90 bits per heavy atom. The number of hydrogen-bond acceptors (Lipinski definition) is 2. The Balaban J connectivity index is 1.93. The maximum absolute atomic E-state index is 13.4. The van der Waals surface area contributed by atoms with E-state index < -0.39 is 17.5 Å². The van der Waals surface area contributed by atoms with E-state index in [1.54, 1.807) is 0 Å². The second-order valence-electron chi connectivity index (χ2n) is 5.22. The second-order valence-corrected chi connectivity index (χ2v) is 5.22. The molecule has 1 fully saturated rings. The van der Waals surface area contributed by atoms with Crippen LogP contribution in [0.5, 0.6) is 0 Å². The van der Waals surface area contributed by atoms with Gasteiger partial charge < -0.3 is 10.2 Å². The Morgan fingerprint density at radius 1 is 1.25 bits per heavy atom. The summed E-state index contributed by atoms with van der Waals surface area (Å²) in [6.07, 6.45) is 2.08. The van der Waals surface area contributed by atoms with Crippen LogP contribution in [0, 0.1) is 23.4 Å². The fraction of sp³-hybridized carbons (Fsp3) is 0.500.